The zero-order valence-electron chi connectivity index (χ0n) is 24.1. The van der Waals surface area contributed by atoms with E-state index in [4.69, 9.17) is 0 Å². The second kappa shape index (κ2) is 12.2. The molecule has 1 heterocycles. The highest BCUT2D eigenvalue weighted by Gasteiger charge is 2.36. The number of hydrogen-bond donors (Lipinski definition) is 1. The van der Waals surface area contributed by atoms with Crippen LogP contribution in [0.15, 0.2) is 91.0 Å². The Hall–Kier alpha value is -4.45. The Morgan fingerprint density at radius 2 is 1.60 bits per heavy atom. The summed E-state index contributed by atoms with van der Waals surface area (Å²) in [5.41, 5.74) is 4.37. The first-order valence-electron chi connectivity index (χ1n) is 15.0. The molecule has 4 aromatic carbocycles. The maximum absolute atomic E-state index is 14.4. The summed E-state index contributed by atoms with van der Waals surface area (Å²) >= 11 is 0. The molecule has 0 aromatic heterocycles. The smallest absolute Gasteiger partial charge is 0.259 e. The van der Waals surface area contributed by atoms with Crippen LogP contribution in [0.2, 0.25) is 0 Å². The fourth-order valence-electron chi connectivity index (χ4n) is 6.47. The fourth-order valence-corrected chi connectivity index (χ4v) is 6.47. The monoisotopic (exact) mass is 559 g/mol. The van der Waals surface area contributed by atoms with Crippen molar-refractivity contribution >= 4 is 34.2 Å². The van der Waals surface area contributed by atoms with E-state index in [1.54, 1.807) is 9.80 Å². The number of carbonyl (C=O) groups is 3. The van der Waals surface area contributed by atoms with E-state index in [1.165, 1.54) is 6.42 Å². The van der Waals surface area contributed by atoms with Gasteiger partial charge in [0.1, 0.15) is 12.6 Å². The van der Waals surface area contributed by atoms with Crippen LogP contribution in [0.5, 0.6) is 0 Å². The van der Waals surface area contributed by atoms with Gasteiger partial charge in [-0.25, -0.2) is 0 Å². The van der Waals surface area contributed by atoms with Crippen molar-refractivity contribution in [3.63, 3.8) is 0 Å². The largest absolute Gasteiger partial charge is 0.352 e. The molecule has 42 heavy (non-hydrogen) atoms. The number of nitrogens with one attached hydrogen (secondary N) is 1. The molecule has 1 aliphatic carbocycles. The van der Waals surface area contributed by atoms with Crippen molar-refractivity contribution in [2.75, 3.05) is 11.4 Å². The van der Waals surface area contributed by atoms with Gasteiger partial charge in [0.25, 0.3) is 5.91 Å². The van der Waals surface area contributed by atoms with Gasteiger partial charge in [-0.3, -0.25) is 19.3 Å². The Kier molecular flexibility index (Phi) is 8.04. The number of hydrogen-bond acceptors (Lipinski definition) is 3. The highest BCUT2D eigenvalue weighted by Crippen LogP contribution is 2.37. The molecular formula is C36H37N3O3. The zero-order valence-corrected chi connectivity index (χ0v) is 24.1. The molecule has 0 saturated heterocycles. The van der Waals surface area contributed by atoms with Crippen LogP contribution in [0.25, 0.3) is 10.8 Å². The summed E-state index contributed by atoms with van der Waals surface area (Å²) in [7, 11) is 0. The second-order valence-electron chi connectivity index (χ2n) is 11.6. The van der Waals surface area contributed by atoms with Crippen LogP contribution >= 0.6 is 0 Å². The molecular weight excluding hydrogens is 522 g/mol. The average Bonchev–Trinajstić information content (AvgIpc) is 3.28. The van der Waals surface area contributed by atoms with Gasteiger partial charge in [-0.15, -0.1) is 0 Å². The van der Waals surface area contributed by atoms with Gasteiger partial charge >= 0.3 is 0 Å². The summed E-state index contributed by atoms with van der Waals surface area (Å²) in [4.78, 5) is 45.3. The van der Waals surface area contributed by atoms with E-state index < -0.39 is 6.04 Å². The van der Waals surface area contributed by atoms with E-state index in [1.807, 2.05) is 91.9 Å². The third-order valence-electron chi connectivity index (χ3n) is 8.60. The van der Waals surface area contributed by atoms with Crippen molar-refractivity contribution in [2.45, 2.75) is 64.1 Å². The van der Waals surface area contributed by atoms with Gasteiger partial charge in [0.05, 0.1) is 5.69 Å². The van der Waals surface area contributed by atoms with Crippen molar-refractivity contribution < 1.29 is 14.4 Å². The number of amides is 3. The van der Waals surface area contributed by atoms with Gasteiger partial charge < -0.3 is 10.2 Å². The molecule has 0 spiro atoms. The molecule has 0 bridgehead atoms. The van der Waals surface area contributed by atoms with Gasteiger partial charge in [-0.1, -0.05) is 104 Å². The molecule has 6 nitrogen and oxygen atoms in total. The lowest BCUT2D eigenvalue weighted by molar-refractivity contribution is -0.140. The number of benzene rings is 4. The minimum atomic E-state index is -0.724. The van der Waals surface area contributed by atoms with Crippen LogP contribution in [0.3, 0.4) is 0 Å². The standard InChI is InChI=1S/C36H37N3O3/c1-25-11-8-14-27(21-25)23-38(32(22-26-12-4-2-5-13-26)35(41)37-29-17-6-3-7-18-29)33(40)24-39-31-20-10-16-28-15-9-19-30(34(28)31)36(39)42/h2,4-5,8-16,19-21,29,32H,3,6-7,17-18,22-24H2,1H3,(H,37,41). The lowest BCUT2D eigenvalue weighted by atomic mass is 9.94. The first-order chi connectivity index (χ1) is 20.5. The minimum absolute atomic E-state index is 0.118. The SMILES string of the molecule is Cc1cccc(CN(C(=O)CN2C(=O)c3cccc4cccc2c34)C(Cc2ccccc2)C(=O)NC2CCCCC2)c1. The summed E-state index contributed by atoms with van der Waals surface area (Å²) in [6.07, 6.45) is 5.70. The van der Waals surface area contributed by atoms with Crippen molar-refractivity contribution in [1.82, 2.24) is 10.2 Å². The first kappa shape index (κ1) is 27.7. The van der Waals surface area contributed by atoms with Crippen molar-refractivity contribution in [3.05, 3.63) is 113 Å². The molecule has 6 rings (SSSR count). The number of aryl methyl sites for hydroxylation is 1. The number of rotatable bonds is 9. The molecule has 1 aliphatic heterocycles. The number of anilines is 1. The van der Waals surface area contributed by atoms with E-state index in [2.05, 4.69) is 11.4 Å². The van der Waals surface area contributed by atoms with E-state index in [9.17, 15) is 14.4 Å². The Balaban J connectivity index is 1.35. The van der Waals surface area contributed by atoms with Gasteiger partial charge in [0, 0.05) is 30.0 Å². The first-order valence-corrected chi connectivity index (χ1v) is 15.0. The van der Waals surface area contributed by atoms with Gasteiger partial charge in [0.15, 0.2) is 0 Å². The molecule has 0 radical (unpaired) electrons. The average molecular weight is 560 g/mol. The maximum Gasteiger partial charge on any atom is 0.259 e. The van der Waals surface area contributed by atoms with Crippen molar-refractivity contribution in [3.8, 4) is 0 Å². The van der Waals surface area contributed by atoms with Crippen molar-refractivity contribution in [1.29, 1.82) is 0 Å². The van der Waals surface area contributed by atoms with E-state index in [-0.39, 0.29) is 36.9 Å². The summed E-state index contributed by atoms with van der Waals surface area (Å²) in [5, 5.41) is 5.14. The van der Waals surface area contributed by atoms with Crippen LogP contribution in [0.1, 0.15) is 59.2 Å². The Labute approximate surface area is 247 Å². The van der Waals surface area contributed by atoms with Gasteiger partial charge in [-0.2, -0.15) is 0 Å². The second-order valence-corrected chi connectivity index (χ2v) is 11.6. The van der Waals surface area contributed by atoms with Crippen LogP contribution < -0.4 is 10.2 Å². The molecule has 3 amide bonds. The lowest BCUT2D eigenvalue weighted by Crippen LogP contribution is -2.54. The minimum Gasteiger partial charge on any atom is -0.352 e. The van der Waals surface area contributed by atoms with Gasteiger partial charge in [-0.05, 0) is 48.4 Å². The molecule has 1 saturated carbocycles. The molecule has 1 atom stereocenters. The van der Waals surface area contributed by atoms with E-state index in [0.29, 0.717) is 12.0 Å². The summed E-state index contributed by atoms with van der Waals surface area (Å²) < 4.78 is 0. The zero-order chi connectivity index (χ0) is 29.1. The third kappa shape index (κ3) is 5.80. The number of carbonyl (C=O) groups excluding carboxylic acids is 3. The topological polar surface area (TPSA) is 69.7 Å². The van der Waals surface area contributed by atoms with Gasteiger partial charge in [0.2, 0.25) is 11.8 Å². The van der Waals surface area contributed by atoms with Crippen molar-refractivity contribution in [2.24, 2.45) is 0 Å². The highest BCUT2D eigenvalue weighted by atomic mass is 16.2. The highest BCUT2D eigenvalue weighted by molar-refractivity contribution is 6.26. The van der Waals surface area contributed by atoms with Crippen LogP contribution in [0, 0.1) is 6.92 Å². The molecule has 1 unspecified atom stereocenters. The molecule has 1 fully saturated rings. The van der Waals surface area contributed by atoms with Crippen LogP contribution in [0.4, 0.5) is 5.69 Å². The summed E-state index contributed by atoms with van der Waals surface area (Å²) in [5.74, 6) is -0.573. The predicted octanol–water partition coefficient (Wildman–Crippen LogP) is 6.20. The molecule has 1 N–H and O–H groups in total. The van der Waals surface area contributed by atoms with E-state index >= 15 is 0 Å². The quantitative estimate of drug-likeness (QED) is 0.266. The third-order valence-corrected chi connectivity index (χ3v) is 8.60. The molecule has 2 aliphatic rings. The summed E-state index contributed by atoms with van der Waals surface area (Å²) in [6.45, 7) is 2.16. The Morgan fingerprint density at radius 3 is 2.36 bits per heavy atom. The van der Waals surface area contributed by atoms with Crippen LogP contribution in [-0.2, 0) is 22.6 Å². The normalized spacial score (nSPS) is 15.5. The van der Waals surface area contributed by atoms with E-state index in [0.717, 1.165) is 58.8 Å². The van der Waals surface area contributed by atoms with Crippen LogP contribution in [-0.4, -0.2) is 41.2 Å². The maximum atomic E-state index is 14.4. The Morgan fingerprint density at radius 1 is 0.881 bits per heavy atom. The fraction of sp³-hybridized carbons (Fsp3) is 0.306. The molecule has 6 heteroatoms. The Bertz CT molecular complexity index is 1600. The molecule has 4 aromatic rings. The number of nitrogens with zero attached hydrogens (tertiary/aromatic N) is 2. The molecule has 214 valence electrons. The summed E-state index contributed by atoms with van der Waals surface area (Å²) in [6, 6.07) is 28.8. The predicted molar refractivity (Wildman–Crippen MR) is 166 cm³/mol. The lowest BCUT2D eigenvalue weighted by Gasteiger charge is -2.34.